The molecule has 0 amide bonds. The van der Waals surface area contributed by atoms with Gasteiger partial charge >= 0.3 is 0 Å². The van der Waals surface area contributed by atoms with Crippen molar-refractivity contribution in [2.75, 3.05) is 32.5 Å². The van der Waals surface area contributed by atoms with Crippen LogP contribution in [0.1, 0.15) is 23.1 Å². The van der Waals surface area contributed by atoms with E-state index in [1.807, 2.05) is 14.1 Å². The molecule has 0 saturated carbocycles. The highest BCUT2D eigenvalue weighted by Gasteiger charge is 2.24. The zero-order valence-corrected chi connectivity index (χ0v) is 17.1. The summed E-state index contributed by atoms with van der Waals surface area (Å²) in [5.74, 6) is -0.213. The summed E-state index contributed by atoms with van der Waals surface area (Å²) in [7, 11) is 4.02. The van der Waals surface area contributed by atoms with E-state index < -0.39 is 11.6 Å². The Hall–Kier alpha value is -2.51. The molecule has 1 heterocycles. The highest BCUT2D eigenvalue weighted by atomic mass is 35.5. The molecule has 0 fully saturated rings. The molecule has 1 aliphatic heterocycles. The number of hydrogen-bond donors (Lipinski definition) is 2. The highest BCUT2D eigenvalue weighted by Crippen LogP contribution is 2.30. The topological polar surface area (TPSA) is 60.2 Å². The summed E-state index contributed by atoms with van der Waals surface area (Å²) in [5.41, 5.74) is 2.86. The van der Waals surface area contributed by atoms with Crippen molar-refractivity contribution in [2.24, 2.45) is 10.1 Å². The molecule has 3 rings (SSSR count). The third kappa shape index (κ3) is 5.31. The Morgan fingerprint density at radius 2 is 2.03 bits per heavy atom. The van der Waals surface area contributed by atoms with Crippen LogP contribution in [-0.4, -0.2) is 48.8 Å². The van der Waals surface area contributed by atoms with E-state index in [0.717, 1.165) is 24.4 Å². The number of hydrogen-bond acceptors (Lipinski definition) is 4. The van der Waals surface area contributed by atoms with Gasteiger partial charge in [-0.1, -0.05) is 22.8 Å². The first-order valence-electron chi connectivity index (χ1n) is 9.30. The molecule has 0 aliphatic carbocycles. The second-order valence-electron chi connectivity index (χ2n) is 7.24. The van der Waals surface area contributed by atoms with Crippen molar-refractivity contribution >= 4 is 28.8 Å². The number of amidine groups is 1. The van der Waals surface area contributed by atoms with Gasteiger partial charge in [-0.15, -0.1) is 0 Å². The number of halogens is 3. The Bertz CT molecular complexity index is 960. The van der Waals surface area contributed by atoms with Gasteiger partial charge in [0.25, 0.3) is 0 Å². The first kappa shape index (κ1) is 21.2. The monoisotopic (exact) mass is 420 g/mol. The summed E-state index contributed by atoms with van der Waals surface area (Å²) in [6.07, 6.45) is 1.60. The van der Waals surface area contributed by atoms with Crippen molar-refractivity contribution in [3.8, 4) is 0 Å². The van der Waals surface area contributed by atoms with E-state index in [1.54, 1.807) is 6.07 Å². The predicted molar refractivity (Wildman–Crippen MR) is 113 cm³/mol. The third-order valence-electron chi connectivity index (χ3n) is 4.69. The Morgan fingerprint density at radius 3 is 2.72 bits per heavy atom. The van der Waals surface area contributed by atoms with Crippen LogP contribution in [-0.2, 0) is 12.8 Å². The fourth-order valence-corrected chi connectivity index (χ4v) is 3.49. The van der Waals surface area contributed by atoms with E-state index in [0.29, 0.717) is 29.8 Å². The summed E-state index contributed by atoms with van der Waals surface area (Å²) < 4.78 is 27.6. The second kappa shape index (κ2) is 9.33. The molecular weight excluding hydrogens is 398 g/mol. The lowest BCUT2D eigenvalue weighted by Gasteiger charge is -2.10. The fraction of sp³-hybridized carbons (Fsp3) is 0.333. The smallest absolute Gasteiger partial charge is 0.141 e. The van der Waals surface area contributed by atoms with Crippen LogP contribution < -0.4 is 5.32 Å². The summed E-state index contributed by atoms with van der Waals surface area (Å²) in [6, 6.07) is 7.03. The summed E-state index contributed by atoms with van der Waals surface area (Å²) in [4.78, 5) is 6.66. The number of oxime groups is 1. The number of aliphatic imine (C=N–C) groups is 1. The van der Waals surface area contributed by atoms with E-state index >= 15 is 0 Å². The summed E-state index contributed by atoms with van der Waals surface area (Å²) in [6.45, 7) is 1.60. The van der Waals surface area contributed by atoms with Gasteiger partial charge in [-0.25, -0.2) is 8.78 Å². The Labute approximate surface area is 173 Å². The molecule has 0 saturated heterocycles. The molecule has 2 aromatic rings. The minimum absolute atomic E-state index is 0.0157. The van der Waals surface area contributed by atoms with Crippen LogP contribution in [0.4, 0.5) is 14.5 Å². The number of nitrogens with zero attached hydrogens (tertiary/aromatic N) is 3. The number of rotatable bonds is 7. The van der Waals surface area contributed by atoms with Crippen LogP contribution in [0, 0.1) is 11.6 Å². The van der Waals surface area contributed by atoms with Crippen molar-refractivity contribution < 1.29 is 14.0 Å². The van der Waals surface area contributed by atoms with Crippen LogP contribution in [0.5, 0.6) is 0 Å². The maximum absolute atomic E-state index is 14.2. The lowest BCUT2D eigenvalue weighted by molar-refractivity contribution is 0.318. The molecule has 154 valence electrons. The highest BCUT2D eigenvalue weighted by molar-refractivity contribution is 6.30. The first-order valence-corrected chi connectivity index (χ1v) is 9.68. The van der Waals surface area contributed by atoms with Crippen molar-refractivity contribution in [3.63, 3.8) is 0 Å². The van der Waals surface area contributed by atoms with Crippen LogP contribution in [0.15, 0.2) is 40.5 Å². The Morgan fingerprint density at radius 1 is 1.24 bits per heavy atom. The second-order valence-corrected chi connectivity index (χ2v) is 7.65. The number of benzene rings is 2. The lowest BCUT2D eigenvalue weighted by Crippen LogP contribution is -2.14. The molecule has 0 bridgehead atoms. The van der Waals surface area contributed by atoms with Crippen molar-refractivity contribution in [2.45, 2.75) is 19.3 Å². The van der Waals surface area contributed by atoms with E-state index in [4.69, 9.17) is 11.6 Å². The maximum Gasteiger partial charge on any atom is 0.141 e. The van der Waals surface area contributed by atoms with Gasteiger partial charge in [0.2, 0.25) is 0 Å². The molecule has 0 aromatic heterocycles. The van der Waals surface area contributed by atoms with Gasteiger partial charge in [0.1, 0.15) is 17.5 Å². The van der Waals surface area contributed by atoms with E-state index in [9.17, 15) is 14.0 Å². The standard InChI is InChI=1S/C21H23ClF2N4O/c1-28(2)7-3-6-25-21-12-16-15(10-14(23)11-19(16)26-21)20(27-29)9-13-4-5-18(24)17(22)8-13/h4-5,8,10-11,29H,3,6-7,9,12H2,1-2H3,(H,25,26)/b27-20+. The Kier molecular flexibility index (Phi) is 6.82. The zero-order valence-electron chi connectivity index (χ0n) is 16.3. The number of fused-ring (bicyclic) bond motifs is 1. The molecule has 0 atom stereocenters. The quantitative estimate of drug-likeness (QED) is 0.303. The van der Waals surface area contributed by atoms with Gasteiger partial charge in [0, 0.05) is 30.6 Å². The van der Waals surface area contributed by atoms with Gasteiger partial charge in [0.05, 0.1) is 10.7 Å². The van der Waals surface area contributed by atoms with Crippen LogP contribution in [0.2, 0.25) is 5.02 Å². The van der Waals surface area contributed by atoms with Crippen molar-refractivity contribution in [1.82, 2.24) is 4.90 Å². The van der Waals surface area contributed by atoms with Crippen LogP contribution in [0.25, 0.3) is 0 Å². The van der Waals surface area contributed by atoms with E-state index in [1.165, 1.54) is 24.3 Å². The molecule has 0 radical (unpaired) electrons. The molecule has 1 aliphatic rings. The zero-order chi connectivity index (χ0) is 21.0. The average molecular weight is 421 g/mol. The van der Waals surface area contributed by atoms with Crippen molar-refractivity contribution in [3.05, 3.63) is 63.7 Å². The molecule has 0 spiro atoms. The average Bonchev–Trinajstić information content (AvgIpc) is 3.08. The summed E-state index contributed by atoms with van der Waals surface area (Å²) in [5, 5.41) is 16.1. The first-order chi connectivity index (χ1) is 13.9. The normalized spacial score (nSPS) is 15.1. The van der Waals surface area contributed by atoms with E-state index in [2.05, 4.69) is 20.4 Å². The Balaban J connectivity index is 1.82. The van der Waals surface area contributed by atoms with Crippen molar-refractivity contribution in [1.29, 1.82) is 0 Å². The van der Waals surface area contributed by atoms with E-state index in [-0.39, 0.29) is 17.2 Å². The minimum Gasteiger partial charge on any atom is -0.411 e. The van der Waals surface area contributed by atoms with Gasteiger partial charge in [-0.2, -0.15) is 0 Å². The minimum atomic E-state index is -0.524. The molecular formula is C21H23ClF2N4O. The molecule has 5 nitrogen and oxygen atoms in total. The molecule has 2 N–H and O–H groups in total. The molecule has 29 heavy (non-hydrogen) atoms. The fourth-order valence-electron chi connectivity index (χ4n) is 3.29. The van der Waals surface area contributed by atoms with Gasteiger partial charge in [0.15, 0.2) is 0 Å². The molecule has 8 heteroatoms. The van der Waals surface area contributed by atoms with Gasteiger partial charge in [-0.05, 0) is 62.5 Å². The van der Waals surface area contributed by atoms with Crippen LogP contribution >= 0.6 is 11.6 Å². The number of anilines is 1. The largest absolute Gasteiger partial charge is 0.411 e. The van der Waals surface area contributed by atoms with Gasteiger partial charge < -0.3 is 15.4 Å². The van der Waals surface area contributed by atoms with Gasteiger partial charge in [-0.3, -0.25) is 4.99 Å². The third-order valence-corrected chi connectivity index (χ3v) is 4.98. The molecule has 2 aromatic carbocycles. The lowest BCUT2D eigenvalue weighted by atomic mass is 9.96. The maximum atomic E-state index is 14.2. The SMILES string of the molecule is CN(C)CCCN=C1Cc2c(cc(F)cc2/C(Cc2ccc(F)c(Cl)c2)=N/O)N1. The number of nitrogens with one attached hydrogen (secondary N) is 1. The molecule has 0 unspecified atom stereocenters. The summed E-state index contributed by atoms with van der Waals surface area (Å²) >= 11 is 5.84. The predicted octanol–water partition coefficient (Wildman–Crippen LogP) is 4.36. The van der Waals surface area contributed by atoms with Crippen LogP contribution in [0.3, 0.4) is 0 Å².